The summed E-state index contributed by atoms with van der Waals surface area (Å²) in [6.07, 6.45) is 4.36. The number of hydrogen-bond acceptors (Lipinski definition) is 3. The van der Waals surface area contributed by atoms with Crippen LogP contribution < -0.4 is 5.32 Å². The van der Waals surface area contributed by atoms with Crippen LogP contribution in [0.5, 0.6) is 0 Å². The number of rotatable bonds is 3. The van der Waals surface area contributed by atoms with Gasteiger partial charge in [-0.2, -0.15) is 0 Å². The maximum absolute atomic E-state index is 13.1. The van der Waals surface area contributed by atoms with Gasteiger partial charge >= 0.3 is 0 Å². The third kappa shape index (κ3) is 2.98. The van der Waals surface area contributed by atoms with Gasteiger partial charge < -0.3 is 5.32 Å². The van der Waals surface area contributed by atoms with Gasteiger partial charge in [0, 0.05) is 5.69 Å². The molecule has 0 saturated heterocycles. The molecule has 1 aromatic heterocycles. The van der Waals surface area contributed by atoms with E-state index in [2.05, 4.69) is 21.7 Å². The molecule has 0 atom stereocenters. The van der Waals surface area contributed by atoms with E-state index in [9.17, 15) is 9.18 Å². The van der Waals surface area contributed by atoms with Crippen molar-refractivity contribution >= 4 is 11.6 Å². The van der Waals surface area contributed by atoms with Crippen molar-refractivity contribution in [3.63, 3.8) is 0 Å². The van der Waals surface area contributed by atoms with E-state index in [1.807, 2.05) is 12.1 Å². The summed E-state index contributed by atoms with van der Waals surface area (Å²) in [7, 11) is 0. The number of nitrogens with zero attached hydrogens (tertiary/aromatic N) is 3. The number of nitrogens with one attached hydrogen (secondary N) is 1. The molecule has 4 rings (SSSR count). The van der Waals surface area contributed by atoms with Gasteiger partial charge in [-0.15, -0.1) is 5.10 Å². The number of fused-ring (bicyclic) bond motifs is 1. The molecule has 0 fully saturated rings. The van der Waals surface area contributed by atoms with Gasteiger partial charge in [0.15, 0.2) is 5.69 Å². The number of aromatic nitrogens is 3. The number of halogens is 1. The van der Waals surface area contributed by atoms with E-state index in [1.165, 1.54) is 34.4 Å². The van der Waals surface area contributed by atoms with Crippen molar-refractivity contribution in [1.82, 2.24) is 15.0 Å². The Kier molecular flexibility index (Phi) is 4.24. The molecule has 0 spiro atoms. The topological polar surface area (TPSA) is 59.8 Å². The number of anilines is 1. The van der Waals surface area contributed by atoms with Crippen LogP contribution in [-0.4, -0.2) is 20.9 Å². The zero-order valence-electron chi connectivity index (χ0n) is 14.5. The lowest BCUT2D eigenvalue weighted by Gasteiger charge is -2.19. The summed E-state index contributed by atoms with van der Waals surface area (Å²) < 4.78 is 14.6. The molecule has 0 saturated carbocycles. The lowest BCUT2D eigenvalue weighted by Crippen LogP contribution is -2.17. The van der Waals surface area contributed by atoms with Crippen LogP contribution in [-0.2, 0) is 12.8 Å². The Bertz CT molecular complexity index is 962. The predicted octanol–water partition coefficient (Wildman–Crippen LogP) is 3.85. The summed E-state index contributed by atoms with van der Waals surface area (Å²) in [5.74, 6) is -0.604. The minimum atomic E-state index is -0.321. The van der Waals surface area contributed by atoms with E-state index in [0.29, 0.717) is 11.4 Å². The Hall–Kier alpha value is -3.02. The van der Waals surface area contributed by atoms with Crippen molar-refractivity contribution in [3.05, 3.63) is 70.8 Å². The molecule has 0 unspecified atom stereocenters. The zero-order chi connectivity index (χ0) is 18.1. The second kappa shape index (κ2) is 6.71. The molecule has 5 nitrogen and oxygen atoms in total. The summed E-state index contributed by atoms with van der Waals surface area (Å²) >= 11 is 0. The van der Waals surface area contributed by atoms with Crippen molar-refractivity contribution in [2.45, 2.75) is 32.6 Å². The zero-order valence-corrected chi connectivity index (χ0v) is 14.5. The van der Waals surface area contributed by atoms with Gasteiger partial charge in [-0.1, -0.05) is 17.3 Å². The predicted molar refractivity (Wildman–Crippen MR) is 97.1 cm³/mol. The molecule has 26 heavy (non-hydrogen) atoms. The summed E-state index contributed by atoms with van der Waals surface area (Å²) in [5.41, 5.74) is 4.91. The monoisotopic (exact) mass is 350 g/mol. The second-order valence-electron chi connectivity index (χ2n) is 6.52. The fourth-order valence-electron chi connectivity index (χ4n) is 3.45. The van der Waals surface area contributed by atoms with E-state index in [-0.39, 0.29) is 17.4 Å². The highest BCUT2D eigenvalue weighted by Gasteiger charge is 2.20. The molecule has 3 aromatic rings. The average molecular weight is 350 g/mol. The first-order chi connectivity index (χ1) is 12.6. The van der Waals surface area contributed by atoms with Crippen molar-refractivity contribution in [1.29, 1.82) is 0 Å². The maximum atomic E-state index is 13.1. The quantitative estimate of drug-likeness (QED) is 0.781. The van der Waals surface area contributed by atoms with Gasteiger partial charge in [0.05, 0.1) is 11.4 Å². The van der Waals surface area contributed by atoms with Crippen LogP contribution in [0.4, 0.5) is 10.1 Å². The Morgan fingerprint density at radius 2 is 1.88 bits per heavy atom. The van der Waals surface area contributed by atoms with Gasteiger partial charge in [-0.3, -0.25) is 4.79 Å². The summed E-state index contributed by atoms with van der Waals surface area (Å²) in [6.45, 7) is 1.78. The van der Waals surface area contributed by atoms with Crippen LogP contribution in [0.25, 0.3) is 5.69 Å². The average Bonchev–Trinajstić information content (AvgIpc) is 3.04. The Labute approximate surface area is 150 Å². The van der Waals surface area contributed by atoms with E-state index in [0.717, 1.165) is 24.9 Å². The lowest BCUT2D eigenvalue weighted by atomic mass is 9.90. The molecule has 1 N–H and O–H groups in total. The summed E-state index contributed by atoms with van der Waals surface area (Å²) in [6, 6.07) is 11.9. The highest BCUT2D eigenvalue weighted by atomic mass is 19.1. The number of amides is 1. The molecule has 0 aliphatic heterocycles. The van der Waals surface area contributed by atoms with Crippen LogP contribution in [0.15, 0.2) is 42.5 Å². The number of hydrogen-bond donors (Lipinski definition) is 1. The molecular formula is C20H19FN4O. The van der Waals surface area contributed by atoms with Gasteiger partial charge in [0.1, 0.15) is 5.82 Å². The Balaban J connectivity index is 1.61. The third-order valence-electron chi connectivity index (χ3n) is 4.82. The van der Waals surface area contributed by atoms with Crippen LogP contribution >= 0.6 is 0 Å². The SMILES string of the molecule is Cc1c(C(=O)Nc2cccc3c2CCCC3)nnn1-c1ccc(F)cc1. The second-order valence-corrected chi connectivity index (χ2v) is 6.52. The van der Waals surface area contributed by atoms with E-state index >= 15 is 0 Å². The highest BCUT2D eigenvalue weighted by molar-refractivity contribution is 6.04. The summed E-state index contributed by atoms with van der Waals surface area (Å²) in [5, 5.41) is 11.1. The standard InChI is InChI=1S/C20H19FN4O/c1-13-19(23-24-25(13)16-11-9-15(21)10-12-16)20(26)22-18-8-4-6-14-5-2-3-7-17(14)18/h4,6,8-12H,2-3,5,7H2,1H3,(H,22,26). The minimum Gasteiger partial charge on any atom is -0.320 e. The maximum Gasteiger partial charge on any atom is 0.278 e. The number of carbonyl (C=O) groups is 1. The van der Waals surface area contributed by atoms with Crippen LogP contribution in [0.3, 0.4) is 0 Å². The van der Waals surface area contributed by atoms with Crippen molar-refractivity contribution in [3.8, 4) is 5.69 Å². The first-order valence-electron chi connectivity index (χ1n) is 8.74. The fraction of sp³-hybridized carbons (Fsp3) is 0.250. The third-order valence-corrected chi connectivity index (χ3v) is 4.82. The molecule has 0 bridgehead atoms. The highest BCUT2D eigenvalue weighted by Crippen LogP contribution is 2.28. The Morgan fingerprint density at radius 3 is 2.69 bits per heavy atom. The van der Waals surface area contributed by atoms with Crippen LogP contribution in [0.1, 0.15) is 40.2 Å². The van der Waals surface area contributed by atoms with E-state index in [1.54, 1.807) is 19.1 Å². The first kappa shape index (κ1) is 16.4. The molecule has 1 aliphatic rings. The Morgan fingerprint density at radius 1 is 1.12 bits per heavy atom. The van der Waals surface area contributed by atoms with Gasteiger partial charge in [0.2, 0.25) is 0 Å². The molecular weight excluding hydrogens is 331 g/mol. The smallest absolute Gasteiger partial charge is 0.278 e. The largest absolute Gasteiger partial charge is 0.320 e. The van der Waals surface area contributed by atoms with Crippen molar-refractivity contribution < 1.29 is 9.18 Å². The minimum absolute atomic E-state index is 0.266. The van der Waals surface area contributed by atoms with Gasteiger partial charge in [-0.25, -0.2) is 9.07 Å². The lowest BCUT2D eigenvalue weighted by molar-refractivity contribution is 0.102. The molecule has 1 aliphatic carbocycles. The van der Waals surface area contributed by atoms with Crippen molar-refractivity contribution in [2.75, 3.05) is 5.32 Å². The first-order valence-corrected chi connectivity index (χ1v) is 8.74. The fourth-order valence-corrected chi connectivity index (χ4v) is 3.45. The molecule has 1 heterocycles. The molecule has 0 radical (unpaired) electrons. The van der Waals surface area contributed by atoms with Gasteiger partial charge in [-0.05, 0) is 74.1 Å². The van der Waals surface area contributed by atoms with E-state index < -0.39 is 0 Å². The normalized spacial score (nSPS) is 13.3. The number of benzene rings is 2. The van der Waals surface area contributed by atoms with E-state index in [4.69, 9.17) is 0 Å². The van der Waals surface area contributed by atoms with Crippen molar-refractivity contribution in [2.24, 2.45) is 0 Å². The van der Waals surface area contributed by atoms with Crippen LogP contribution in [0.2, 0.25) is 0 Å². The van der Waals surface area contributed by atoms with Gasteiger partial charge in [0.25, 0.3) is 5.91 Å². The van der Waals surface area contributed by atoms with Crippen LogP contribution in [0, 0.1) is 12.7 Å². The molecule has 132 valence electrons. The number of carbonyl (C=O) groups excluding carboxylic acids is 1. The molecule has 6 heteroatoms. The number of aryl methyl sites for hydroxylation is 1. The summed E-state index contributed by atoms with van der Waals surface area (Å²) in [4.78, 5) is 12.7. The molecule has 2 aromatic carbocycles. The molecule has 1 amide bonds.